The number of carbonyl (C=O) groups is 1. The number of carbonyl (C=O) groups excluding carboxylic acids is 1. The molecule has 0 saturated carbocycles. The number of nitrogens with zero attached hydrogens (tertiary/aromatic N) is 1. The Labute approximate surface area is 112 Å². The molecule has 0 aliphatic carbocycles. The minimum Gasteiger partial charge on any atom is -0.508 e. The van der Waals surface area contributed by atoms with Gasteiger partial charge in [0.05, 0.1) is 11.5 Å². The standard InChI is InChI=1S/C13H17NO4S/c1-9-7-11(15)3-4-12(9)13(16)14(2)10-5-6-19(17,18)8-10/h3-4,7,10,15H,5-6,8H2,1-2H3. The van der Waals surface area contributed by atoms with Crippen molar-refractivity contribution in [2.75, 3.05) is 18.6 Å². The highest BCUT2D eigenvalue weighted by atomic mass is 32.2. The van der Waals surface area contributed by atoms with E-state index in [1.54, 1.807) is 20.0 Å². The van der Waals surface area contributed by atoms with Crippen LogP contribution in [0.25, 0.3) is 0 Å². The van der Waals surface area contributed by atoms with Crippen molar-refractivity contribution in [3.05, 3.63) is 29.3 Å². The van der Waals surface area contributed by atoms with Crippen molar-refractivity contribution in [2.24, 2.45) is 0 Å². The number of sulfone groups is 1. The summed E-state index contributed by atoms with van der Waals surface area (Å²) >= 11 is 0. The second-order valence-electron chi connectivity index (χ2n) is 4.97. The first-order valence-corrected chi connectivity index (χ1v) is 7.89. The van der Waals surface area contributed by atoms with Crippen molar-refractivity contribution in [1.82, 2.24) is 4.90 Å². The Kier molecular flexibility index (Phi) is 3.54. The number of aryl methyl sites for hydroxylation is 1. The number of amides is 1. The minimum atomic E-state index is -3.01. The molecule has 5 nitrogen and oxygen atoms in total. The molecule has 1 fully saturated rings. The molecule has 6 heteroatoms. The third kappa shape index (κ3) is 2.89. The van der Waals surface area contributed by atoms with Gasteiger partial charge in [0.15, 0.2) is 9.84 Å². The van der Waals surface area contributed by atoms with Crippen molar-refractivity contribution in [3.8, 4) is 5.75 Å². The number of hydrogen-bond acceptors (Lipinski definition) is 4. The molecule has 1 aliphatic heterocycles. The maximum absolute atomic E-state index is 12.3. The van der Waals surface area contributed by atoms with Gasteiger partial charge in [-0.25, -0.2) is 8.42 Å². The fraction of sp³-hybridized carbons (Fsp3) is 0.462. The van der Waals surface area contributed by atoms with E-state index in [0.717, 1.165) is 0 Å². The van der Waals surface area contributed by atoms with E-state index in [-0.39, 0.29) is 29.2 Å². The molecule has 1 saturated heterocycles. The molecule has 1 unspecified atom stereocenters. The van der Waals surface area contributed by atoms with Crippen LogP contribution in [0.15, 0.2) is 18.2 Å². The van der Waals surface area contributed by atoms with Crippen molar-refractivity contribution in [1.29, 1.82) is 0 Å². The molecule has 0 bridgehead atoms. The second kappa shape index (κ2) is 4.85. The van der Waals surface area contributed by atoms with E-state index < -0.39 is 9.84 Å². The van der Waals surface area contributed by atoms with E-state index in [0.29, 0.717) is 17.5 Å². The molecule has 0 radical (unpaired) electrons. The highest BCUT2D eigenvalue weighted by Crippen LogP contribution is 2.21. The predicted molar refractivity (Wildman–Crippen MR) is 72.0 cm³/mol. The van der Waals surface area contributed by atoms with Crippen LogP contribution in [0.3, 0.4) is 0 Å². The molecule has 0 spiro atoms. The fourth-order valence-corrected chi connectivity index (χ4v) is 4.10. The Morgan fingerprint density at radius 1 is 1.42 bits per heavy atom. The minimum absolute atomic E-state index is 0.0341. The van der Waals surface area contributed by atoms with Crippen LogP contribution in [-0.4, -0.2) is 48.9 Å². The fourth-order valence-electron chi connectivity index (χ4n) is 2.32. The van der Waals surface area contributed by atoms with Crippen LogP contribution in [0.1, 0.15) is 22.3 Å². The average molecular weight is 283 g/mol. The van der Waals surface area contributed by atoms with Gasteiger partial charge in [-0.15, -0.1) is 0 Å². The van der Waals surface area contributed by atoms with E-state index in [2.05, 4.69) is 0 Å². The van der Waals surface area contributed by atoms with Crippen molar-refractivity contribution in [3.63, 3.8) is 0 Å². The van der Waals surface area contributed by atoms with Gasteiger partial charge in [0.2, 0.25) is 0 Å². The van der Waals surface area contributed by atoms with Gasteiger partial charge in [0, 0.05) is 18.7 Å². The molecule has 0 aromatic heterocycles. The largest absolute Gasteiger partial charge is 0.508 e. The summed E-state index contributed by atoms with van der Waals surface area (Å²) < 4.78 is 22.9. The summed E-state index contributed by atoms with van der Waals surface area (Å²) in [6.07, 6.45) is 0.488. The van der Waals surface area contributed by atoms with Crippen LogP contribution in [0.2, 0.25) is 0 Å². The first-order valence-electron chi connectivity index (χ1n) is 6.07. The zero-order valence-corrected chi connectivity index (χ0v) is 11.8. The molecule has 1 aromatic carbocycles. The molecule has 2 rings (SSSR count). The highest BCUT2D eigenvalue weighted by molar-refractivity contribution is 7.91. The molecule has 1 atom stereocenters. The lowest BCUT2D eigenvalue weighted by Crippen LogP contribution is -2.38. The molecule has 1 aromatic rings. The topological polar surface area (TPSA) is 74.7 Å². The zero-order chi connectivity index (χ0) is 14.2. The molecular formula is C13H17NO4S. The molecule has 1 N–H and O–H groups in total. The monoisotopic (exact) mass is 283 g/mol. The van der Waals surface area contributed by atoms with Crippen molar-refractivity contribution >= 4 is 15.7 Å². The van der Waals surface area contributed by atoms with Crippen LogP contribution in [0.5, 0.6) is 5.75 Å². The summed E-state index contributed by atoms with van der Waals surface area (Å²) in [7, 11) is -1.38. The molecule has 19 heavy (non-hydrogen) atoms. The number of phenols is 1. The maximum atomic E-state index is 12.3. The van der Waals surface area contributed by atoms with Gasteiger partial charge < -0.3 is 10.0 Å². The Morgan fingerprint density at radius 3 is 2.63 bits per heavy atom. The summed E-state index contributed by atoms with van der Waals surface area (Å²) in [6.45, 7) is 1.74. The third-order valence-electron chi connectivity index (χ3n) is 3.52. The summed E-state index contributed by atoms with van der Waals surface area (Å²) in [5, 5.41) is 9.33. The van der Waals surface area contributed by atoms with Crippen molar-refractivity contribution in [2.45, 2.75) is 19.4 Å². The van der Waals surface area contributed by atoms with Crippen LogP contribution in [0, 0.1) is 6.92 Å². The Morgan fingerprint density at radius 2 is 2.11 bits per heavy atom. The normalized spacial score (nSPS) is 21.3. The lowest BCUT2D eigenvalue weighted by atomic mass is 10.1. The molecule has 1 aliphatic rings. The van der Waals surface area contributed by atoms with E-state index >= 15 is 0 Å². The van der Waals surface area contributed by atoms with Gasteiger partial charge in [0.1, 0.15) is 5.75 Å². The zero-order valence-electron chi connectivity index (χ0n) is 11.0. The van der Waals surface area contributed by atoms with E-state index in [4.69, 9.17) is 0 Å². The maximum Gasteiger partial charge on any atom is 0.254 e. The van der Waals surface area contributed by atoms with Gasteiger partial charge in [-0.3, -0.25) is 4.79 Å². The molecular weight excluding hydrogens is 266 g/mol. The lowest BCUT2D eigenvalue weighted by Gasteiger charge is -2.24. The second-order valence-corrected chi connectivity index (χ2v) is 7.20. The Bertz CT molecular complexity index is 609. The van der Waals surface area contributed by atoms with E-state index in [1.807, 2.05) is 0 Å². The quantitative estimate of drug-likeness (QED) is 0.877. The molecule has 104 valence electrons. The summed E-state index contributed by atoms with van der Waals surface area (Å²) in [5.74, 6) is 0.0793. The SMILES string of the molecule is Cc1cc(O)ccc1C(=O)N(C)C1CCS(=O)(=O)C1. The van der Waals surface area contributed by atoms with Gasteiger partial charge in [-0.05, 0) is 37.1 Å². The van der Waals surface area contributed by atoms with Gasteiger partial charge >= 0.3 is 0 Å². The molecule has 1 heterocycles. The highest BCUT2D eigenvalue weighted by Gasteiger charge is 2.33. The third-order valence-corrected chi connectivity index (χ3v) is 5.27. The van der Waals surface area contributed by atoms with Crippen LogP contribution in [0.4, 0.5) is 0 Å². The summed E-state index contributed by atoms with van der Waals surface area (Å²) in [6, 6.07) is 4.28. The average Bonchev–Trinajstić information content (AvgIpc) is 2.68. The van der Waals surface area contributed by atoms with E-state index in [1.165, 1.54) is 17.0 Å². The molecule has 1 amide bonds. The Hall–Kier alpha value is -1.56. The lowest BCUT2D eigenvalue weighted by molar-refractivity contribution is 0.0747. The predicted octanol–water partition coefficient (Wildman–Crippen LogP) is 0.960. The number of benzene rings is 1. The van der Waals surface area contributed by atoms with Crippen molar-refractivity contribution < 1.29 is 18.3 Å². The van der Waals surface area contributed by atoms with Gasteiger partial charge in [-0.2, -0.15) is 0 Å². The van der Waals surface area contributed by atoms with Gasteiger partial charge in [-0.1, -0.05) is 0 Å². The van der Waals surface area contributed by atoms with Crippen LogP contribution < -0.4 is 0 Å². The number of phenolic OH excluding ortho intramolecular Hbond substituents is 1. The number of rotatable bonds is 2. The smallest absolute Gasteiger partial charge is 0.254 e. The first-order chi connectivity index (χ1) is 8.80. The Balaban J connectivity index is 2.20. The summed E-state index contributed by atoms with van der Waals surface area (Å²) in [5.41, 5.74) is 1.17. The van der Waals surface area contributed by atoms with Gasteiger partial charge in [0.25, 0.3) is 5.91 Å². The van der Waals surface area contributed by atoms with Crippen LogP contribution >= 0.6 is 0 Å². The van der Waals surface area contributed by atoms with Crippen LogP contribution in [-0.2, 0) is 9.84 Å². The van der Waals surface area contributed by atoms with E-state index in [9.17, 15) is 18.3 Å². The summed E-state index contributed by atoms with van der Waals surface area (Å²) in [4.78, 5) is 13.8. The number of hydrogen-bond donors (Lipinski definition) is 1. The number of aromatic hydroxyl groups is 1. The first kappa shape index (κ1) is 13.9.